The molecule has 0 spiro atoms. The summed E-state index contributed by atoms with van der Waals surface area (Å²) < 4.78 is 6.78. The van der Waals surface area contributed by atoms with E-state index in [0.717, 1.165) is 22.6 Å². The molecule has 1 heterocycles. The highest BCUT2D eigenvalue weighted by Crippen LogP contribution is 2.20. The zero-order valence-corrected chi connectivity index (χ0v) is 17.7. The summed E-state index contributed by atoms with van der Waals surface area (Å²) in [6.45, 7) is 6.40. The Bertz CT molecular complexity index is 1040. The zero-order chi connectivity index (χ0) is 21.7. The van der Waals surface area contributed by atoms with Gasteiger partial charge in [-0.1, -0.05) is 24.3 Å². The molecule has 0 aliphatic heterocycles. The lowest BCUT2D eigenvalue weighted by Gasteiger charge is -2.18. The first-order valence-electron chi connectivity index (χ1n) is 9.80. The van der Waals surface area contributed by atoms with Gasteiger partial charge < -0.3 is 9.64 Å². The van der Waals surface area contributed by atoms with Crippen molar-refractivity contribution in [1.29, 1.82) is 0 Å². The minimum atomic E-state index is -0.546. The lowest BCUT2D eigenvalue weighted by atomic mass is 10.1. The van der Waals surface area contributed by atoms with Crippen molar-refractivity contribution in [2.45, 2.75) is 27.3 Å². The lowest BCUT2D eigenvalue weighted by molar-refractivity contribution is 0.0784. The predicted molar refractivity (Wildman–Crippen MR) is 116 cm³/mol. The number of carbonyl (C=O) groups is 2. The molecule has 0 fully saturated rings. The molecular weight excluding hydrogens is 380 g/mol. The number of carbonyl (C=O) groups excluding carboxylic acids is 2. The van der Waals surface area contributed by atoms with Crippen LogP contribution in [0, 0.1) is 13.8 Å². The molecule has 0 radical (unpaired) electrons. The van der Waals surface area contributed by atoms with Gasteiger partial charge in [0, 0.05) is 36.1 Å². The second-order valence-electron chi connectivity index (χ2n) is 6.98. The van der Waals surface area contributed by atoms with E-state index in [-0.39, 0.29) is 12.5 Å². The van der Waals surface area contributed by atoms with Gasteiger partial charge >= 0.3 is 6.09 Å². The number of nitrogens with zero attached hydrogens (tertiary/aromatic N) is 3. The molecule has 1 N–H and O–H groups in total. The highest BCUT2D eigenvalue weighted by atomic mass is 16.5. The maximum atomic E-state index is 13.0. The van der Waals surface area contributed by atoms with Crippen LogP contribution in [0.5, 0.6) is 0 Å². The number of nitrogens with one attached hydrogen (secondary N) is 1. The molecule has 7 heteroatoms. The molecule has 0 aliphatic rings. The van der Waals surface area contributed by atoms with Crippen molar-refractivity contribution in [3.8, 4) is 5.69 Å². The van der Waals surface area contributed by atoms with Gasteiger partial charge in [-0.15, -0.1) is 0 Å². The molecule has 30 heavy (non-hydrogen) atoms. The fourth-order valence-corrected chi connectivity index (χ4v) is 3.27. The van der Waals surface area contributed by atoms with E-state index >= 15 is 0 Å². The molecule has 7 nitrogen and oxygen atoms in total. The van der Waals surface area contributed by atoms with Crippen molar-refractivity contribution in [2.75, 3.05) is 19.0 Å². The van der Waals surface area contributed by atoms with Gasteiger partial charge in [0.25, 0.3) is 5.91 Å². The number of hydrogen-bond donors (Lipinski definition) is 1. The highest BCUT2D eigenvalue weighted by Gasteiger charge is 2.18. The van der Waals surface area contributed by atoms with Crippen LogP contribution in [0.1, 0.15) is 34.2 Å². The smallest absolute Gasteiger partial charge is 0.411 e. The Hall–Kier alpha value is -3.61. The first kappa shape index (κ1) is 21.1. The van der Waals surface area contributed by atoms with Crippen LogP contribution in [0.4, 0.5) is 10.5 Å². The quantitative estimate of drug-likeness (QED) is 0.661. The monoisotopic (exact) mass is 406 g/mol. The Morgan fingerprint density at radius 3 is 2.53 bits per heavy atom. The summed E-state index contributed by atoms with van der Waals surface area (Å²) in [5, 5.41) is 7.27. The fourth-order valence-electron chi connectivity index (χ4n) is 3.27. The summed E-state index contributed by atoms with van der Waals surface area (Å²) in [4.78, 5) is 26.2. The average Bonchev–Trinajstić information content (AvgIpc) is 3.02. The predicted octanol–water partition coefficient (Wildman–Crippen LogP) is 4.33. The van der Waals surface area contributed by atoms with Crippen molar-refractivity contribution in [1.82, 2.24) is 14.7 Å². The summed E-state index contributed by atoms with van der Waals surface area (Å²) in [7, 11) is 1.76. The Labute approximate surface area is 176 Å². The van der Waals surface area contributed by atoms with Gasteiger partial charge in [-0.25, -0.2) is 9.48 Å². The standard InChI is InChI=1S/C23H26N4O3/c1-5-30-23(29)24-19-11-9-10-18(14-19)22(28)26(4)15-21-16(2)25-27(17(21)3)20-12-7-6-8-13-20/h6-14H,5,15H2,1-4H3,(H,24,29). The summed E-state index contributed by atoms with van der Waals surface area (Å²) in [5.74, 6) is -0.145. The topological polar surface area (TPSA) is 76.5 Å². The van der Waals surface area contributed by atoms with Crippen LogP contribution < -0.4 is 5.32 Å². The number of rotatable bonds is 6. The Kier molecular flexibility index (Phi) is 6.51. The van der Waals surface area contributed by atoms with Gasteiger partial charge in [0.05, 0.1) is 18.0 Å². The third-order valence-electron chi connectivity index (χ3n) is 4.82. The third-order valence-corrected chi connectivity index (χ3v) is 4.82. The van der Waals surface area contributed by atoms with Gasteiger partial charge in [-0.05, 0) is 51.1 Å². The van der Waals surface area contributed by atoms with E-state index in [0.29, 0.717) is 17.8 Å². The summed E-state index contributed by atoms with van der Waals surface area (Å²) >= 11 is 0. The molecule has 0 aliphatic carbocycles. The van der Waals surface area contributed by atoms with Crippen LogP contribution in [-0.4, -0.2) is 40.3 Å². The number of aryl methyl sites for hydroxylation is 1. The molecule has 0 unspecified atom stereocenters. The van der Waals surface area contributed by atoms with E-state index < -0.39 is 6.09 Å². The molecule has 3 aromatic rings. The second-order valence-corrected chi connectivity index (χ2v) is 6.98. The SMILES string of the molecule is CCOC(=O)Nc1cccc(C(=O)N(C)Cc2c(C)nn(-c3ccccc3)c2C)c1. The fraction of sp³-hybridized carbons (Fsp3) is 0.261. The van der Waals surface area contributed by atoms with Gasteiger partial charge in [0.15, 0.2) is 0 Å². The summed E-state index contributed by atoms with van der Waals surface area (Å²) in [6.07, 6.45) is -0.546. The molecule has 0 saturated heterocycles. The molecule has 3 rings (SSSR count). The van der Waals surface area contributed by atoms with Crippen molar-refractivity contribution in [3.63, 3.8) is 0 Å². The minimum absolute atomic E-state index is 0.145. The molecular formula is C23H26N4O3. The number of para-hydroxylation sites is 1. The van der Waals surface area contributed by atoms with Crippen molar-refractivity contribution in [3.05, 3.63) is 77.1 Å². The van der Waals surface area contributed by atoms with Gasteiger partial charge in [-0.2, -0.15) is 5.10 Å². The second kappa shape index (κ2) is 9.26. The molecule has 1 aromatic heterocycles. The van der Waals surface area contributed by atoms with E-state index in [1.807, 2.05) is 48.9 Å². The van der Waals surface area contributed by atoms with Crippen molar-refractivity contribution < 1.29 is 14.3 Å². The largest absolute Gasteiger partial charge is 0.450 e. The minimum Gasteiger partial charge on any atom is -0.450 e. The molecule has 0 saturated carbocycles. The maximum absolute atomic E-state index is 13.0. The van der Waals surface area contributed by atoms with E-state index in [1.54, 1.807) is 43.1 Å². The lowest BCUT2D eigenvalue weighted by Crippen LogP contribution is -2.27. The number of ether oxygens (including phenoxy) is 1. The third kappa shape index (κ3) is 4.68. The zero-order valence-electron chi connectivity index (χ0n) is 17.7. The Morgan fingerprint density at radius 2 is 1.83 bits per heavy atom. The van der Waals surface area contributed by atoms with Crippen LogP contribution in [-0.2, 0) is 11.3 Å². The van der Waals surface area contributed by atoms with E-state index in [2.05, 4.69) is 10.4 Å². The van der Waals surface area contributed by atoms with Crippen LogP contribution >= 0.6 is 0 Å². The molecule has 2 aromatic carbocycles. The average molecular weight is 406 g/mol. The van der Waals surface area contributed by atoms with Gasteiger partial charge in [-0.3, -0.25) is 10.1 Å². The summed E-state index contributed by atoms with van der Waals surface area (Å²) in [6, 6.07) is 16.7. The molecule has 2 amide bonds. The van der Waals surface area contributed by atoms with Gasteiger partial charge in [0.2, 0.25) is 0 Å². The van der Waals surface area contributed by atoms with Crippen LogP contribution in [0.3, 0.4) is 0 Å². The van der Waals surface area contributed by atoms with E-state index in [4.69, 9.17) is 4.74 Å². The number of anilines is 1. The normalized spacial score (nSPS) is 10.5. The van der Waals surface area contributed by atoms with Crippen LogP contribution in [0.25, 0.3) is 5.69 Å². The Morgan fingerprint density at radius 1 is 1.10 bits per heavy atom. The van der Waals surface area contributed by atoms with Crippen molar-refractivity contribution >= 4 is 17.7 Å². The Balaban J connectivity index is 1.77. The maximum Gasteiger partial charge on any atom is 0.411 e. The first-order chi connectivity index (χ1) is 14.4. The first-order valence-corrected chi connectivity index (χ1v) is 9.80. The number of benzene rings is 2. The van der Waals surface area contributed by atoms with E-state index in [1.165, 1.54) is 0 Å². The van der Waals surface area contributed by atoms with Gasteiger partial charge in [0.1, 0.15) is 0 Å². The highest BCUT2D eigenvalue weighted by molar-refractivity contribution is 5.96. The molecule has 0 bridgehead atoms. The number of hydrogen-bond acceptors (Lipinski definition) is 4. The summed E-state index contributed by atoms with van der Waals surface area (Å²) in [5.41, 5.74) is 4.87. The van der Waals surface area contributed by atoms with Crippen LogP contribution in [0.2, 0.25) is 0 Å². The molecule has 156 valence electrons. The van der Waals surface area contributed by atoms with Crippen molar-refractivity contribution in [2.24, 2.45) is 0 Å². The molecule has 0 atom stereocenters. The number of amides is 2. The van der Waals surface area contributed by atoms with Crippen LogP contribution in [0.15, 0.2) is 54.6 Å². The van der Waals surface area contributed by atoms with E-state index in [9.17, 15) is 9.59 Å². The number of aromatic nitrogens is 2.